The number of aromatic nitrogens is 4. The second-order valence-corrected chi connectivity index (χ2v) is 8.86. The summed E-state index contributed by atoms with van der Waals surface area (Å²) in [4.78, 5) is 12.8. The van der Waals surface area contributed by atoms with Gasteiger partial charge in [-0.2, -0.15) is 0 Å². The fraction of sp³-hybridized carbons (Fsp3) is 0.375. The Morgan fingerprint density at radius 1 is 1.15 bits per heavy atom. The molecule has 8 nitrogen and oxygen atoms in total. The number of aliphatic hydroxyl groups is 2. The second-order valence-electron chi connectivity index (χ2n) is 8.51. The molecule has 2 N–H and O–H groups in total. The highest BCUT2D eigenvalue weighted by atomic mass is 35.5. The number of benzene rings is 1. The van der Waals surface area contributed by atoms with Gasteiger partial charge >= 0.3 is 0 Å². The smallest absolute Gasteiger partial charge is 0.156 e. The summed E-state index contributed by atoms with van der Waals surface area (Å²) in [6.45, 7) is 4.64. The summed E-state index contributed by atoms with van der Waals surface area (Å²) in [5.74, 6) is -0.698. The van der Waals surface area contributed by atoms with E-state index in [0.29, 0.717) is 5.15 Å². The number of nitrogens with zero attached hydrogens (tertiary/aromatic N) is 4. The lowest BCUT2D eigenvalue weighted by Crippen LogP contribution is -2.28. The van der Waals surface area contributed by atoms with Crippen LogP contribution in [-0.2, 0) is 4.74 Å². The fourth-order valence-electron chi connectivity index (χ4n) is 3.78. The van der Waals surface area contributed by atoms with Crippen LogP contribution in [0, 0.1) is 0 Å². The SMILES string of the molecule is CC(C)(O)O.CC(Oc1ccc2cccnc2c1)C1CCC(n2ccc3c(Cl)ncnc32)O1. The first kappa shape index (κ1) is 23.4. The van der Waals surface area contributed by atoms with Crippen LogP contribution in [0.25, 0.3) is 21.9 Å². The lowest BCUT2D eigenvalue weighted by molar-refractivity contribution is -0.127. The predicted octanol–water partition coefficient (Wildman–Crippen LogP) is 4.49. The Morgan fingerprint density at radius 2 is 1.94 bits per heavy atom. The summed E-state index contributed by atoms with van der Waals surface area (Å²) < 4.78 is 14.5. The number of fused-ring (bicyclic) bond motifs is 2. The van der Waals surface area contributed by atoms with E-state index in [0.717, 1.165) is 40.5 Å². The van der Waals surface area contributed by atoms with Gasteiger partial charge in [-0.1, -0.05) is 17.7 Å². The van der Waals surface area contributed by atoms with Crippen molar-refractivity contribution >= 4 is 33.5 Å². The highest BCUT2D eigenvalue weighted by Gasteiger charge is 2.32. The molecule has 1 aliphatic rings. The van der Waals surface area contributed by atoms with Crippen molar-refractivity contribution in [2.75, 3.05) is 0 Å². The number of ether oxygens (including phenoxy) is 2. The van der Waals surface area contributed by atoms with E-state index in [4.69, 9.17) is 31.3 Å². The molecule has 1 fully saturated rings. The van der Waals surface area contributed by atoms with E-state index in [1.807, 2.05) is 54.1 Å². The molecule has 3 atom stereocenters. The first-order valence-electron chi connectivity index (χ1n) is 10.8. The van der Waals surface area contributed by atoms with Crippen molar-refractivity contribution in [2.45, 2.75) is 57.8 Å². The molecular formula is C24H27ClN4O4. The normalized spacial score (nSPS) is 19.3. The average Bonchev–Trinajstić information content (AvgIpc) is 3.40. The summed E-state index contributed by atoms with van der Waals surface area (Å²) in [5.41, 5.74) is 1.72. The summed E-state index contributed by atoms with van der Waals surface area (Å²) in [6, 6.07) is 11.9. The molecule has 0 amide bonds. The van der Waals surface area contributed by atoms with Crippen molar-refractivity contribution in [3.05, 3.63) is 60.3 Å². The zero-order chi connectivity index (χ0) is 23.6. The van der Waals surface area contributed by atoms with E-state index in [1.165, 1.54) is 20.2 Å². The van der Waals surface area contributed by atoms with Crippen molar-refractivity contribution in [1.82, 2.24) is 19.5 Å². The van der Waals surface area contributed by atoms with Crippen molar-refractivity contribution in [1.29, 1.82) is 0 Å². The van der Waals surface area contributed by atoms with E-state index in [2.05, 4.69) is 15.0 Å². The van der Waals surface area contributed by atoms with Crippen LogP contribution in [0.4, 0.5) is 0 Å². The minimum Gasteiger partial charge on any atom is -0.488 e. The van der Waals surface area contributed by atoms with Gasteiger partial charge < -0.3 is 24.3 Å². The zero-order valence-corrected chi connectivity index (χ0v) is 19.5. The third-order valence-electron chi connectivity index (χ3n) is 5.22. The molecule has 0 spiro atoms. The van der Waals surface area contributed by atoms with E-state index in [-0.39, 0.29) is 18.4 Å². The maximum atomic E-state index is 8.08. The molecule has 174 valence electrons. The molecule has 1 aliphatic heterocycles. The standard InChI is InChI=1S/C21H19ClN4O2.C3H8O2/c1-13(27-15-5-4-14-3-2-9-23-17(14)11-15)18-6-7-19(28-18)26-10-8-16-20(22)24-12-25-21(16)26;1-3(2,4)5/h2-5,8-13,18-19H,6-7H2,1H3;4-5H,1-2H3. The number of pyridine rings is 1. The van der Waals surface area contributed by atoms with Crippen LogP contribution in [0.3, 0.4) is 0 Å². The van der Waals surface area contributed by atoms with Crippen molar-refractivity contribution < 1.29 is 19.7 Å². The quantitative estimate of drug-likeness (QED) is 0.334. The molecular weight excluding hydrogens is 444 g/mol. The third-order valence-corrected chi connectivity index (χ3v) is 5.53. The summed E-state index contributed by atoms with van der Waals surface area (Å²) >= 11 is 6.16. The minimum absolute atomic E-state index is 0.000751. The Hall–Kier alpha value is -2.78. The molecule has 0 saturated carbocycles. The maximum absolute atomic E-state index is 8.08. The fourth-order valence-corrected chi connectivity index (χ4v) is 3.97. The third kappa shape index (κ3) is 5.78. The molecule has 33 heavy (non-hydrogen) atoms. The van der Waals surface area contributed by atoms with Gasteiger partial charge in [0.15, 0.2) is 5.79 Å². The van der Waals surface area contributed by atoms with E-state index in [1.54, 1.807) is 6.20 Å². The molecule has 9 heteroatoms. The Bertz CT molecular complexity index is 1230. The molecule has 4 aromatic rings. The van der Waals surface area contributed by atoms with Gasteiger partial charge in [0.05, 0.1) is 17.0 Å². The predicted molar refractivity (Wildman–Crippen MR) is 126 cm³/mol. The Labute approximate surface area is 196 Å². The Morgan fingerprint density at radius 3 is 2.73 bits per heavy atom. The molecule has 0 aliphatic carbocycles. The molecule has 5 rings (SSSR count). The molecule has 3 aromatic heterocycles. The highest BCUT2D eigenvalue weighted by molar-refractivity contribution is 6.33. The van der Waals surface area contributed by atoms with E-state index >= 15 is 0 Å². The number of halogens is 1. The Balaban J connectivity index is 0.000000471. The number of hydrogen-bond donors (Lipinski definition) is 2. The van der Waals surface area contributed by atoms with Gasteiger partial charge in [-0.05, 0) is 57.9 Å². The van der Waals surface area contributed by atoms with E-state index in [9.17, 15) is 0 Å². The van der Waals surface area contributed by atoms with Gasteiger partial charge in [0.2, 0.25) is 0 Å². The topological polar surface area (TPSA) is 103 Å². The lowest BCUT2D eigenvalue weighted by atomic mass is 10.1. The van der Waals surface area contributed by atoms with Gasteiger partial charge in [-0.15, -0.1) is 0 Å². The van der Waals surface area contributed by atoms with Crippen molar-refractivity contribution in [3.63, 3.8) is 0 Å². The molecule has 3 unspecified atom stereocenters. The number of hydrogen-bond acceptors (Lipinski definition) is 7. The van der Waals surface area contributed by atoms with Gasteiger partial charge in [-0.3, -0.25) is 4.98 Å². The summed E-state index contributed by atoms with van der Waals surface area (Å²) in [7, 11) is 0. The van der Waals surface area contributed by atoms with Crippen LogP contribution in [-0.4, -0.2) is 47.7 Å². The number of rotatable bonds is 4. The van der Waals surface area contributed by atoms with Crippen LogP contribution >= 0.6 is 11.6 Å². The van der Waals surface area contributed by atoms with Crippen LogP contribution in [0.15, 0.2) is 55.1 Å². The van der Waals surface area contributed by atoms with Crippen LogP contribution in [0.5, 0.6) is 5.75 Å². The van der Waals surface area contributed by atoms with Gasteiger partial charge in [-0.25, -0.2) is 9.97 Å². The maximum Gasteiger partial charge on any atom is 0.156 e. The van der Waals surface area contributed by atoms with E-state index < -0.39 is 5.79 Å². The largest absolute Gasteiger partial charge is 0.488 e. The minimum atomic E-state index is -1.50. The molecule has 0 bridgehead atoms. The monoisotopic (exact) mass is 470 g/mol. The van der Waals surface area contributed by atoms with Crippen molar-refractivity contribution in [3.8, 4) is 5.75 Å². The first-order valence-corrected chi connectivity index (χ1v) is 11.2. The first-order chi connectivity index (χ1) is 15.7. The summed E-state index contributed by atoms with van der Waals surface area (Å²) in [5, 5.41) is 18.5. The molecule has 1 saturated heterocycles. The van der Waals surface area contributed by atoms with Gasteiger partial charge in [0.1, 0.15) is 35.2 Å². The van der Waals surface area contributed by atoms with Gasteiger partial charge in [0.25, 0.3) is 0 Å². The Kier molecular flexibility index (Phi) is 6.81. The van der Waals surface area contributed by atoms with Crippen LogP contribution in [0.2, 0.25) is 5.15 Å². The molecule has 0 radical (unpaired) electrons. The lowest BCUT2D eigenvalue weighted by Gasteiger charge is -2.22. The van der Waals surface area contributed by atoms with Gasteiger partial charge in [0, 0.05) is 23.8 Å². The van der Waals surface area contributed by atoms with Crippen LogP contribution in [0.1, 0.15) is 39.8 Å². The average molecular weight is 471 g/mol. The second kappa shape index (κ2) is 9.61. The molecule has 1 aromatic carbocycles. The van der Waals surface area contributed by atoms with Crippen LogP contribution < -0.4 is 4.74 Å². The zero-order valence-electron chi connectivity index (χ0n) is 18.7. The molecule has 4 heterocycles. The van der Waals surface area contributed by atoms with Crippen molar-refractivity contribution in [2.24, 2.45) is 0 Å². The highest BCUT2D eigenvalue weighted by Crippen LogP contribution is 2.34. The summed E-state index contributed by atoms with van der Waals surface area (Å²) in [6.07, 6.45) is 6.87.